The number of likely N-dealkylation sites (tertiary alicyclic amines) is 3. The monoisotopic (exact) mass is 397 g/mol. The summed E-state index contributed by atoms with van der Waals surface area (Å²) in [5.74, 6) is 0.134. The fourth-order valence-electron chi connectivity index (χ4n) is 5.03. The molecule has 2 atom stereocenters. The summed E-state index contributed by atoms with van der Waals surface area (Å²) in [5.41, 5.74) is 1.21. The Bertz CT molecular complexity index is 747. The molecular formula is C23H31N3O3. The number of rotatable bonds is 5. The van der Waals surface area contributed by atoms with Crippen molar-refractivity contribution in [1.82, 2.24) is 14.7 Å². The molecule has 0 bridgehead atoms. The molecule has 0 aliphatic carbocycles. The number of hydrogen-bond donors (Lipinski definition) is 0. The number of nitrogens with zero attached hydrogens (tertiary/aromatic N) is 3. The molecule has 6 nitrogen and oxygen atoms in total. The Morgan fingerprint density at radius 3 is 2.14 bits per heavy atom. The van der Waals surface area contributed by atoms with Crippen LogP contribution < -0.4 is 0 Å². The molecule has 3 aliphatic heterocycles. The van der Waals surface area contributed by atoms with Gasteiger partial charge in [0.05, 0.1) is 11.8 Å². The third kappa shape index (κ3) is 4.08. The predicted molar refractivity (Wildman–Crippen MR) is 110 cm³/mol. The van der Waals surface area contributed by atoms with Crippen molar-refractivity contribution >= 4 is 17.7 Å². The SMILES string of the molecule is CC(C)CC(=O)N1CCC(N2C(=O)[C@H]3CN(Cc4ccccc4)C[C@H]3C2=O)CC1. The highest BCUT2D eigenvalue weighted by molar-refractivity contribution is 6.06. The molecule has 6 heteroatoms. The summed E-state index contributed by atoms with van der Waals surface area (Å²) < 4.78 is 0. The number of piperidine rings is 1. The second kappa shape index (κ2) is 8.27. The molecule has 0 unspecified atom stereocenters. The largest absolute Gasteiger partial charge is 0.343 e. The molecule has 3 amide bonds. The second-order valence-corrected chi connectivity index (χ2v) is 9.15. The fourth-order valence-corrected chi connectivity index (χ4v) is 5.03. The quantitative estimate of drug-likeness (QED) is 0.715. The van der Waals surface area contributed by atoms with Gasteiger partial charge < -0.3 is 4.90 Å². The van der Waals surface area contributed by atoms with Gasteiger partial charge in [-0.25, -0.2) is 0 Å². The standard InChI is InChI=1S/C23H31N3O3/c1-16(2)12-21(27)25-10-8-18(9-11-25)26-22(28)19-14-24(15-20(19)23(26)29)13-17-6-4-3-5-7-17/h3-7,16,18-20H,8-15H2,1-2H3/t19-,20+. The molecule has 29 heavy (non-hydrogen) atoms. The van der Waals surface area contributed by atoms with Crippen molar-refractivity contribution in [2.75, 3.05) is 26.2 Å². The van der Waals surface area contributed by atoms with Crippen LogP contribution in [0.25, 0.3) is 0 Å². The van der Waals surface area contributed by atoms with Crippen molar-refractivity contribution in [2.45, 2.75) is 45.7 Å². The van der Waals surface area contributed by atoms with Crippen molar-refractivity contribution in [3.05, 3.63) is 35.9 Å². The first-order valence-electron chi connectivity index (χ1n) is 10.8. The summed E-state index contributed by atoms with van der Waals surface area (Å²) in [4.78, 5) is 44.1. The average Bonchev–Trinajstić information content (AvgIpc) is 3.21. The minimum atomic E-state index is -0.202. The van der Waals surface area contributed by atoms with Crippen LogP contribution in [0.15, 0.2) is 30.3 Å². The van der Waals surface area contributed by atoms with Gasteiger partial charge in [-0.3, -0.25) is 24.2 Å². The van der Waals surface area contributed by atoms with E-state index in [-0.39, 0.29) is 35.6 Å². The number of amides is 3. The van der Waals surface area contributed by atoms with E-state index in [1.54, 1.807) is 4.90 Å². The number of benzene rings is 1. The first-order valence-corrected chi connectivity index (χ1v) is 10.8. The van der Waals surface area contributed by atoms with Gasteiger partial charge in [0.25, 0.3) is 0 Å². The summed E-state index contributed by atoms with van der Waals surface area (Å²) in [5, 5.41) is 0. The van der Waals surface area contributed by atoms with Crippen LogP contribution in [0, 0.1) is 17.8 Å². The van der Waals surface area contributed by atoms with E-state index < -0.39 is 0 Å². The van der Waals surface area contributed by atoms with Gasteiger partial charge in [0.1, 0.15) is 0 Å². The van der Waals surface area contributed by atoms with Crippen molar-refractivity contribution in [3.8, 4) is 0 Å². The highest BCUT2D eigenvalue weighted by Gasteiger charge is 2.54. The van der Waals surface area contributed by atoms with E-state index in [1.165, 1.54) is 5.56 Å². The Labute approximate surface area is 172 Å². The molecule has 0 radical (unpaired) electrons. The zero-order chi connectivity index (χ0) is 20.5. The first-order chi connectivity index (χ1) is 13.9. The van der Waals surface area contributed by atoms with Gasteiger partial charge in [0.2, 0.25) is 17.7 Å². The highest BCUT2D eigenvalue weighted by Crippen LogP contribution is 2.37. The summed E-state index contributed by atoms with van der Waals surface area (Å²) in [6.45, 7) is 7.48. The van der Waals surface area contributed by atoms with E-state index in [9.17, 15) is 14.4 Å². The molecule has 3 fully saturated rings. The second-order valence-electron chi connectivity index (χ2n) is 9.15. The highest BCUT2D eigenvalue weighted by atomic mass is 16.2. The summed E-state index contributed by atoms with van der Waals surface area (Å²) in [6, 6.07) is 10.1. The zero-order valence-corrected chi connectivity index (χ0v) is 17.4. The Morgan fingerprint density at radius 2 is 1.59 bits per heavy atom. The number of carbonyl (C=O) groups excluding carboxylic acids is 3. The van der Waals surface area contributed by atoms with Gasteiger partial charge in [-0.05, 0) is 24.3 Å². The minimum absolute atomic E-state index is 0.00233. The molecule has 1 aromatic carbocycles. The van der Waals surface area contributed by atoms with Crippen molar-refractivity contribution in [3.63, 3.8) is 0 Å². The molecule has 4 rings (SSSR count). The van der Waals surface area contributed by atoms with E-state index in [2.05, 4.69) is 17.0 Å². The lowest BCUT2D eigenvalue weighted by Gasteiger charge is -2.36. The molecular weight excluding hydrogens is 366 g/mol. The number of carbonyl (C=O) groups is 3. The minimum Gasteiger partial charge on any atom is -0.343 e. The summed E-state index contributed by atoms with van der Waals surface area (Å²) >= 11 is 0. The topological polar surface area (TPSA) is 60.9 Å². The Balaban J connectivity index is 1.34. The third-order valence-corrected chi connectivity index (χ3v) is 6.52. The number of hydrogen-bond acceptors (Lipinski definition) is 4. The Kier molecular flexibility index (Phi) is 5.72. The van der Waals surface area contributed by atoms with Gasteiger partial charge in [-0.1, -0.05) is 44.2 Å². The zero-order valence-electron chi connectivity index (χ0n) is 17.4. The van der Waals surface area contributed by atoms with Crippen molar-refractivity contribution in [2.24, 2.45) is 17.8 Å². The Hall–Kier alpha value is -2.21. The Morgan fingerprint density at radius 1 is 1.00 bits per heavy atom. The maximum absolute atomic E-state index is 13.1. The number of fused-ring (bicyclic) bond motifs is 1. The molecule has 0 N–H and O–H groups in total. The van der Waals surface area contributed by atoms with E-state index in [0.717, 1.165) is 6.54 Å². The molecule has 0 spiro atoms. The van der Waals surface area contributed by atoms with Crippen LogP contribution in [0.3, 0.4) is 0 Å². The van der Waals surface area contributed by atoms with Gasteiger partial charge in [-0.15, -0.1) is 0 Å². The fraction of sp³-hybridized carbons (Fsp3) is 0.609. The smallest absolute Gasteiger partial charge is 0.234 e. The van der Waals surface area contributed by atoms with Crippen LogP contribution in [-0.4, -0.2) is 64.6 Å². The van der Waals surface area contributed by atoms with Crippen LogP contribution in [0.4, 0.5) is 0 Å². The van der Waals surface area contributed by atoms with Crippen LogP contribution in [0.1, 0.15) is 38.7 Å². The lowest BCUT2D eigenvalue weighted by atomic mass is 10.00. The van der Waals surface area contributed by atoms with Crippen LogP contribution >= 0.6 is 0 Å². The predicted octanol–water partition coefficient (Wildman–Crippen LogP) is 2.14. The van der Waals surface area contributed by atoms with Gasteiger partial charge in [0, 0.05) is 45.2 Å². The molecule has 0 saturated carbocycles. The molecule has 3 heterocycles. The van der Waals surface area contributed by atoms with E-state index in [1.807, 2.05) is 36.9 Å². The summed E-state index contributed by atoms with van der Waals surface area (Å²) in [7, 11) is 0. The van der Waals surface area contributed by atoms with Gasteiger partial charge >= 0.3 is 0 Å². The third-order valence-electron chi connectivity index (χ3n) is 6.52. The van der Waals surface area contributed by atoms with Gasteiger partial charge in [-0.2, -0.15) is 0 Å². The van der Waals surface area contributed by atoms with E-state index in [4.69, 9.17) is 0 Å². The van der Waals surface area contributed by atoms with Gasteiger partial charge in [0.15, 0.2) is 0 Å². The molecule has 3 saturated heterocycles. The van der Waals surface area contributed by atoms with E-state index in [0.29, 0.717) is 51.4 Å². The van der Waals surface area contributed by atoms with Crippen molar-refractivity contribution < 1.29 is 14.4 Å². The van der Waals surface area contributed by atoms with Crippen LogP contribution in [-0.2, 0) is 20.9 Å². The normalized spacial score (nSPS) is 25.9. The lowest BCUT2D eigenvalue weighted by Crippen LogP contribution is -2.50. The maximum atomic E-state index is 13.1. The maximum Gasteiger partial charge on any atom is 0.234 e. The summed E-state index contributed by atoms with van der Waals surface area (Å²) in [6.07, 6.45) is 1.97. The lowest BCUT2D eigenvalue weighted by molar-refractivity contribution is -0.145. The number of imide groups is 1. The molecule has 1 aromatic rings. The van der Waals surface area contributed by atoms with Crippen LogP contribution in [0.5, 0.6) is 0 Å². The first kappa shape index (κ1) is 20.1. The van der Waals surface area contributed by atoms with Crippen molar-refractivity contribution in [1.29, 1.82) is 0 Å². The van der Waals surface area contributed by atoms with E-state index >= 15 is 0 Å². The molecule has 0 aromatic heterocycles. The van der Waals surface area contributed by atoms with Crippen LogP contribution in [0.2, 0.25) is 0 Å². The average molecular weight is 398 g/mol. The molecule has 3 aliphatic rings. The molecule has 156 valence electrons.